The molecule has 158 valence electrons. The third kappa shape index (κ3) is 3.78. The van der Waals surface area contributed by atoms with Gasteiger partial charge in [-0.25, -0.2) is 9.59 Å². The van der Waals surface area contributed by atoms with Crippen molar-refractivity contribution in [3.8, 4) is 0 Å². The predicted octanol–water partition coefficient (Wildman–Crippen LogP) is 4.81. The normalized spacial score (nSPS) is 15.2. The van der Waals surface area contributed by atoms with Gasteiger partial charge in [-0.3, -0.25) is 4.79 Å². The van der Waals surface area contributed by atoms with E-state index in [0.29, 0.717) is 34.2 Å². The summed E-state index contributed by atoms with van der Waals surface area (Å²) in [6.45, 7) is 2.00. The minimum Gasteiger partial charge on any atom is -0.454 e. The number of anilines is 1. The van der Waals surface area contributed by atoms with Crippen molar-refractivity contribution < 1.29 is 18.7 Å². The van der Waals surface area contributed by atoms with Crippen LogP contribution in [0.2, 0.25) is 0 Å². The first-order valence-electron chi connectivity index (χ1n) is 10.2. The van der Waals surface area contributed by atoms with Crippen molar-refractivity contribution in [1.82, 2.24) is 0 Å². The Morgan fingerprint density at radius 1 is 0.938 bits per heavy atom. The number of aryl methyl sites for hydroxylation is 1. The average Bonchev–Trinajstić information content (AvgIpc) is 2.79. The van der Waals surface area contributed by atoms with Crippen molar-refractivity contribution in [2.75, 3.05) is 5.32 Å². The molecule has 5 rings (SSSR count). The topological polar surface area (TPSA) is 85.6 Å². The van der Waals surface area contributed by atoms with E-state index < -0.39 is 5.63 Å². The second kappa shape index (κ2) is 7.81. The van der Waals surface area contributed by atoms with E-state index in [-0.39, 0.29) is 18.0 Å². The summed E-state index contributed by atoms with van der Waals surface area (Å²) in [6.07, 6.45) is 0.115. The number of benzene rings is 3. The number of amides is 1. The van der Waals surface area contributed by atoms with Gasteiger partial charge in [-0.2, -0.15) is 0 Å². The lowest BCUT2D eigenvalue weighted by Crippen LogP contribution is -2.23. The molecule has 6 heteroatoms. The van der Waals surface area contributed by atoms with Gasteiger partial charge in [-0.1, -0.05) is 29.8 Å². The molecule has 6 nitrogen and oxygen atoms in total. The van der Waals surface area contributed by atoms with Crippen LogP contribution < -0.4 is 10.9 Å². The second-order valence-corrected chi connectivity index (χ2v) is 7.84. The van der Waals surface area contributed by atoms with Crippen molar-refractivity contribution in [3.05, 3.63) is 111 Å². The first-order valence-corrected chi connectivity index (χ1v) is 10.2. The third-order valence-corrected chi connectivity index (χ3v) is 5.57. The van der Waals surface area contributed by atoms with Crippen molar-refractivity contribution >= 4 is 28.5 Å². The van der Waals surface area contributed by atoms with E-state index in [1.54, 1.807) is 42.5 Å². The number of hydrogen-bond acceptors (Lipinski definition) is 5. The summed E-state index contributed by atoms with van der Waals surface area (Å²) >= 11 is 0. The molecule has 1 amide bonds. The molecule has 1 N–H and O–H groups in total. The van der Waals surface area contributed by atoms with E-state index in [0.717, 1.165) is 16.7 Å². The van der Waals surface area contributed by atoms with E-state index >= 15 is 0 Å². The summed E-state index contributed by atoms with van der Waals surface area (Å²) in [5.41, 5.74) is 4.35. The molecular formula is C26H19NO5. The van der Waals surface area contributed by atoms with Crippen LogP contribution in [0, 0.1) is 6.92 Å². The lowest BCUT2D eigenvalue weighted by Gasteiger charge is -2.25. The zero-order valence-corrected chi connectivity index (χ0v) is 17.3. The van der Waals surface area contributed by atoms with Gasteiger partial charge in [0.25, 0.3) is 5.91 Å². The number of fused-ring (bicyclic) bond motifs is 2. The van der Waals surface area contributed by atoms with Crippen molar-refractivity contribution in [3.63, 3.8) is 0 Å². The molecule has 1 aliphatic rings. The summed E-state index contributed by atoms with van der Waals surface area (Å²) in [7, 11) is 0. The molecule has 1 aliphatic heterocycles. The first-order chi connectivity index (χ1) is 15.5. The van der Waals surface area contributed by atoms with Crippen molar-refractivity contribution in [2.45, 2.75) is 19.4 Å². The number of rotatable bonds is 3. The molecule has 0 bridgehead atoms. The molecule has 0 spiro atoms. The highest BCUT2D eigenvalue weighted by molar-refractivity contribution is 6.06. The Morgan fingerprint density at radius 3 is 2.56 bits per heavy atom. The first kappa shape index (κ1) is 19.8. The minimum absolute atomic E-state index is 0.296. The molecule has 0 saturated carbocycles. The number of ether oxygens (including phenoxy) is 1. The van der Waals surface area contributed by atoms with E-state index in [1.807, 2.05) is 31.2 Å². The summed E-state index contributed by atoms with van der Waals surface area (Å²) < 4.78 is 10.7. The van der Waals surface area contributed by atoms with E-state index in [2.05, 4.69) is 5.32 Å². The Labute approximate surface area is 183 Å². The Morgan fingerprint density at radius 2 is 1.75 bits per heavy atom. The SMILES string of the molecule is Cc1ccc(C2Cc3cc(C(=O)Nc4ccc5oc(=O)ccc5c4)ccc3C(=O)O2)cc1. The van der Waals surface area contributed by atoms with E-state index in [9.17, 15) is 14.4 Å². The number of carbonyl (C=O) groups excluding carboxylic acids is 2. The molecule has 1 aromatic heterocycles. The zero-order chi connectivity index (χ0) is 22.2. The Kier molecular flexibility index (Phi) is 4.82. The largest absolute Gasteiger partial charge is 0.454 e. The van der Waals surface area contributed by atoms with Gasteiger partial charge < -0.3 is 14.5 Å². The summed E-state index contributed by atoms with van der Waals surface area (Å²) in [6, 6.07) is 20.9. The number of nitrogens with one attached hydrogen (secondary N) is 1. The maximum Gasteiger partial charge on any atom is 0.339 e. The van der Waals surface area contributed by atoms with Crippen LogP contribution >= 0.6 is 0 Å². The fourth-order valence-corrected chi connectivity index (χ4v) is 3.86. The van der Waals surface area contributed by atoms with Crippen LogP contribution in [0.25, 0.3) is 11.0 Å². The molecule has 4 aromatic rings. The molecule has 0 radical (unpaired) electrons. The zero-order valence-electron chi connectivity index (χ0n) is 17.3. The van der Waals surface area contributed by atoms with E-state index in [1.165, 1.54) is 6.07 Å². The summed E-state index contributed by atoms with van der Waals surface area (Å²) in [4.78, 5) is 36.7. The van der Waals surface area contributed by atoms with Crippen molar-refractivity contribution in [1.29, 1.82) is 0 Å². The van der Waals surface area contributed by atoms with Crippen LogP contribution in [0.15, 0.2) is 82.0 Å². The second-order valence-electron chi connectivity index (χ2n) is 7.84. The highest BCUT2D eigenvalue weighted by Crippen LogP contribution is 2.31. The molecule has 0 saturated heterocycles. The molecule has 32 heavy (non-hydrogen) atoms. The maximum atomic E-state index is 12.9. The van der Waals surface area contributed by atoms with Crippen LogP contribution in [0.3, 0.4) is 0 Å². The van der Waals surface area contributed by atoms with Gasteiger partial charge in [0, 0.05) is 29.1 Å². The summed E-state index contributed by atoms with van der Waals surface area (Å²) in [5.74, 6) is -0.685. The molecule has 0 aliphatic carbocycles. The van der Waals surface area contributed by atoms with Gasteiger partial charge in [-0.05, 0) is 60.5 Å². The molecule has 2 heterocycles. The molecule has 0 fully saturated rings. The standard InChI is InChI=1S/C26H19NO5/c1-15-2-4-16(5-3-15)23-14-19-12-18(6-9-21(19)26(30)32-23)25(29)27-20-8-10-22-17(13-20)7-11-24(28)31-22/h2-13,23H,14H2,1H3,(H,27,29). The number of esters is 1. The van der Waals surface area contributed by atoms with Crippen LogP contribution in [0.1, 0.15) is 43.5 Å². The molecule has 1 unspecified atom stereocenters. The smallest absolute Gasteiger partial charge is 0.339 e. The van der Waals surface area contributed by atoms with Crippen LogP contribution in [-0.4, -0.2) is 11.9 Å². The predicted molar refractivity (Wildman–Crippen MR) is 120 cm³/mol. The van der Waals surface area contributed by atoms with Crippen LogP contribution in [0.5, 0.6) is 0 Å². The summed E-state index contributed by atoms with van der Waals surface area (Å²) in [5, 5.41) is 3.56. The Hall–Kier alpha value is -4.19. The van der Waals surface area contributed by atoms with Gasteiger partial charge in [0.2, 0.25) is 0 Å². The lowest BCUT2D eigenvalue weighted by molar-refractivity contribution is 0.0252. The fraction of sp³-hybridized carbons (Fsp3) is 0.115. The highest BCUT2D eigenvalue weighted by Gasteiger charge is 2.28. The molecular weight excluding hydrogens is 406 g/mol. The molecule has 1 atom stereocenters. The average molecular weight is 425 g/mol. The van der Waals surface area contributed by atoms with Gasteiger partial charge in [0.05, 0.1) is 5.56 Å². The minimum atomic E-state index is -0.425. The van der Waals surface area contributed by atoms with Gasteiger partial charge in [0.15, 0.2) is 0 Å². The van der Waals surface area contributed by atoms with E-state index in [4.69, 9.17) is 9.15 Å². The quantitative estimate of drug-likeness (QED) is 0.376. The monoisotopic (exact) mass is 425 g/mol. The van der Waals surface area contributed by atoms with Crippen molar-refractivity contribution in [2.24, 2.45) is 0 Å². The molecule has 3 aromatic carbocycles. The lowest BCUT2D eigenvalue weighted by atomic mass is 9.92. The number of carbonyl (C=O) groups is 2. The Bertz CT molecular complexity index is 1420. The van der Waals surface area contributed by atoms with Gasteiger partial charge in [0.1, 0.15) is 11.7 Å². The van der Waals surface area contributed by atoms with Crippen LogP contribution in [-0.2, 0) is 11.2 Å². The Balaban J connectivity index is 1.39. The fourth-order valence-electron chi connectivity index (χ4n) is 3.86. The van der Waals surface area contributed by atoms with Gasteiger partial charge >= 0.3 is 11.6 Å². The third-order valence-electron chi connectivity index (χ3n) is 5.57. The highest BCUT2D eigenvalue weighted by atomic mass is 16.5. The van der Waals surface area contributed by atoms with Gasteiger partial charge in [-0.15, -0.1) is 0 Å². The van der Waals surface area contributed by atoms with Crippen LogP contribution in [0.4, 0.5) is 5.69 Å². The number of cyclic esters (lactones) is 1. The maximum absolute atomic E-state index is 12.9. The number of hydrogen-bond donors (Lipinski definition) is 1.